The van der Waals surface area contributed by atoms with Crippen LogP contribution < -0.4 is 0 Å². The van der Waals surface area contributed by atoms with Crippen molar-refractivity contribution in [3.63, 3.8) is 0 Å². The minimum atomic E-state index is 0. The van der Waals surface area contributed by atoms with Gasteiger partial charge in [-0.05, 0) is 36.6 Å². The van der Waals surface area contributed by atoms with Gasteiger partial charge < -0.3 is 5.11 Å². The van der Waals surface area contributed by atoms with E-state index >= 15 is 0 Å². The first-order chi connectivity index (χ1) is 10.2. The van der Waals surface area contributed by atoms with E-state index in [4.69, 9.17) is 0 Å². The summed E-state index contributed by atoms with van der Waals surface area (Å²) in [6.45, 7) is 4.25. The van der Waals surface area contributed by atoms with E-state index in [2.05, 4.69) is 58.1 Å². The molecule has 2 aromatic carbocycles. The molecule has 0 heterocycles. The van der Waals surface area contributed by atoms with E-state index in [-0.39, 0.29) is 17.0 Å². The molecule has 0 bridgehead atoms. The van der Waals surface area contributed by atoms with E-state index in [0.29, 0.717) is 11.8 Å². The van der Waals surface area contributed by atoms with E-state index < -0.39 is 0 Å². The maximum absolute atomic E-state index is 9.36. The lowest BCUT2D eigenvalue weighted by Crippen LogP contribution is -2.35. The Bertz CT molecular complexity index is 531. The average Bonchev–Trinajstić information content (AvgIpc) is 2.50. The average molecular weight is 429 g/mol. The highest BCUT2D eigenvalue weighted by atomic mass is 79.9. The zero-order valence-electron chi connectivity index (χ0n) is 12.8. The zero-order chi connectivity index (χ0) is 15.1. The third kappa shape index (κ3) is 6.11. The Hall–Kier alpha value is -0.840. The first-order valence-corrected chi connectivity index (χ1v) is 8.43. The van der Waals surface area contributed by atoms with Crippen LogP contribution in [0.1, 0.15) is 18.1 Å². The number of rotatable bonds is 7. The molecule has 0 aromatic heterocycles. The number of hydrogen-bond donors (Lipinski definition) is 1. The number of alkyl halides is 1. The van der Waals surface area contributed by atoms with Crippen LogP contribution in [0.5, 0.6) is 5.75 Å². The third-order valence-electron chi connectivity index (χ3n) is 3.69. The van der Waals surface area contributed by atoms with Crippen molar-refractivity contribution >= 4 is 32.9 Å². The highest BCUT2D eigenvalue weighted by molar-refractivity contribution is 9.09. The molecule has 0 aliphatic heterocycles. The van der Waals surface area contributed by atoms with Crippen LogP contribution in [0.3, 0.4) is 0 Å². The van der Waals surface area contributed by atoms with Crippen molar-refractivity contribution in [1.29, 1.82) is 0 Å². The SMILES string of the molecule is Br.CC(Cc1ccc(O)cc1)N(CCBr)Cc1ccccc1. The molecule has 0 saturated carbocycles. The normalized spacial score (nSPS) is 12.0. The van der Waals surface area contributed by atoms with Gasteiger partial charge >= 0.3 is 0 Å². The summed E-state index contributed by atoms with van der Waals surface area (Å²) in [6.07, 6.45) is 0.986. The number of aromatic hydroxyl groups is 1. The van der Waals surface area contributed by atoms with Gasteiger partial charge in [0.25, 0.3) is 0 Å². The Kier molecular flexibility index (Phi) is 8.76. The van der Waals surface area contributed by atoms with Crippen LogP contribution in [0, 0.1) is 0 Å². The molecule has 22 heavy (non-hydrogen) atoms. The first kappa shape index (κ1) is 19.2. The molecule has 0 saturated heterocycles. The summed E-state index contributed by atoms with van der Waals surface area (Å²) in [4.78, 5) is 2.48. The highest BCUT2D eigenvalue weighted by Crippen LogP contribution is 2.15. The fraction of sp³-hybridized carbons (Fsp3) is 0.333. The van der Waals surface area contributed by atoms with E-state index in [9.17, 15) is 5.11 Å². The van der Waals surface area contributed by atoms with Crippen LogP contribution in [0.2, 0.25) is 0 Å². The van der Waals surface area contributed by atoms with E-state index in [0.717, 1.165) is 24.8 Å². The predicted molar refractivity (Wildman–Crippen MR) is 102 cm³/mol. The Morgan fingerprint density at radius 3 is 2.23 bits per heavy atom. The molecule has 0 amide bonds. The molecule has 120 valence electrons. The lowest BCUT2D eigenvalue weighted by molar-refractivity contribution is 0.212. The smallest absolute Gasteiger partial charge is 0.115 e. The van der Waals surface area contributed by atoms with E-state index in [1.165, 1.54) is 11.1 Å². The molecule has 4 heteroatoms. The molecule has 2 aromatic rings. The second-order valence-corrected chi connectivity index (χ2v) is 6.16. The topological polar surface area (TPSA) is 23.5 Å². The molecule has 0 radical (unpaired) electrons. The second kappa shape index (κ2) is 10.0. The van der Waals surface area contributed by atoms with Crippen LogP contribution in [0.4, 0.5) is 0 Å². The van der Waals surface area contributed by atoms with Crippen LogP contribution in [-0.2, 0) is 13.0 Å². The Morgan fingerprint density at radius 2 is 1.64 bits per heavy atom. The molecule has 1 unspecified atom stereocenters. The quantitative estimate of drug-likeness (QED) is 0.640. The van der Waals surface area contributed by atoms with Gasteiger partial charge in [0.2, 0.25) is 0 Å². The first-order valence-electron chi connectivity index (χ1n) is 7.31. The number of phenols is 1. The van der Waals surface area contributed by atoms with Crippen LogP contribution in [0.25, 0.3) is 0 Å². The number of nitrogens with zero attached hydrogens (tertiary/aromatic N) is 1. The number of halogens is 2. The van der Waals surface area contributed by atoms with Gasteiger partial charge in [0.1, 0.15) is 5.75 Å². The fourth-order valence-corrected chi connectivity index (χ4v) is 2.94. The van der Waals surface area contributed by atoms with Crippen molar-refractivity contribution in [1.82, 2.24) is 4.90 Å². The van der Waals surface area contributed by atoms with Crippen molar-refractivity contribution in [3.05, 3.63) is 65.7 Å². The third-order valence-corrected chi connectivity index (χ3v) is 4.05. The van der Waals surface area contributed by atoms with E-state index in [1.54, 1.807) is 12.1 Å². The van der Waals surface area contributed by atoms with Crippen molar-refractivity contribution in [2.45, 2.75) is 25.9 Å². The Balaban J connectivity index is 0.00000242. The van der Waals surface area contributed by atoms with Crippen molar-refractivity contribution < 1.29 is 5.11 Å². The molecule has 2 rings (SSSR count). The summed E-state index contributed by atoms with van der Waals surface area (Å²) in [7, 11) is 0. The molecule has 1 N–H and O–H groups in total. The summed E-state index contributed by atoms with van der Waals surface area (Å²) < 4.78 is 0. The minimum Gasteiger partial charge on any atom is -0.508 e. The zero-order valence-corrected chi connectivity index (χ0v) is 16.1. The van der Waals surface area contributed by atoms with Gasteiger partial charge in [0, 0.05) is 24.5 Å². The van der Waals surface area contributed by atoms with Crippen LogP contribution >= 0.6 is 32.9 Å². The summed E-state index contributed by atoms with van der Waals surface area (Å²) in [5.74, 6) is 0.327. The number of hydrogen-bond acceptors (Lipinski definition) is 2. The van der Waals surface area contributed by atoms with Gasteiger partial charge in [-0.3, -0.25) is 4.90 Å². The summed E-state index contributed by atoms with van der Waals surface area (Å²) >= 11 is 3.55. The maximum atomic E-state index is 9.36. The number of benzene rings is 2. The second-order valence-electron chi connectivity index (χ2n) is 5.36. The van der Waals surface area contributed by atoms with Crippen molar-refractivity contribution in [2.75, 3.05) is 11.9 Å². The molecule has 0 aliphatic carbocycles. The highest BCUT2D eigenvalue weighted by Gasteiger charge is 2.14. The van der Waals surface area contributed by atoms with Gasteiger partial charge in [-0.2, -0.15) is 0 Å². The largest absolute Gasteiger partial charge is 0.508 e. The molecule has 0 aliphatic rings. The molecular formula is C18H23Br2NO. The van der Waals surface area contributed by atoms with Gasteiger partial charge in [-0.25, -0.2) is 0 Å². The molecule has 0 fully saturated rings. The summed E-state index contributed by atoms with van der Waals surface area (Å²) in [5, 5.41) is 10.3. The maximum Gasteiger partial charge on any atom is 0.115 e. The van der Waals surface area contributed by atoms with Gasteiger partial charge in [-0.15, -0.1) is 17.0 Å². The summed E-state index contributed by atoms with van der Waals surface area (Å²) in [6, 6.07) is 18.6. The monoisotopic (exact) mass is 427 g/mol. The fourth-order valence-electron chi connectivity index (χ4n) is 2.48. The predicted octanol–water partition coefficient (Wildman–Crippen LogP) is 4.80. The summed E-state index contributed by atoms with van der Waals surface area (Å²) in [5.41, 5.74) is 2.60. The van der Waals surface area contributed by atoms with Gasteiger partial charge in [0.05, 0.1) is 0 Å². The lowest BCUT2D eigenvalue weighted by Gasteiger charge is -2.28. The lowest BCUT2D eigenvalue weighted by atomic mass is 10.0. The van der Waals surface area contributed by atoms with Crippen molar-refractivity contribution in [3.8, 4) is 5.75 Å². The molecule has 2 nitrogen and oxygen atoms in total. The van der Waals surface area contributed by atoms with Crippen molar-refractivity contribution in [2.24, 2.45) is 0 Å². The van der Waals surface area contributed by atoms with E-state index in [1.807, 2.05) is 12.1 Å². The standard InChI is InChI=1S/C18H22BrNO.BrH/c1-15(13-16-7-9-18(21)10-8-16)20(12-11-19)14-17-5-3-2-4-6-17;/h2-10,15,21H,11-14H2,1H3;1H. The van der Waals surface area contributed by atoms with Gasteiger partial charge in [0.15, 0.2) is 0 Å². The molecular weight excluding hydrogens is 406 g/mol. The Morgan fingerprint density at radius 1 is 1.00 bits per heavy atom. The molecule has 0 spiro atoms. The molecule has 1 atom stereocenters. The van der Waals surface area contributed by atoms with Gasteiger partial charge in [-0.1, -0.05) is 58.4 Å². The minimum absolute atomic E-state index is 0. The number of phenolic OH excluding ortho intramolecular Hbond substituents is 1. The Labute approximate surface area is 152 Å². The van der Waals surface area contributed by atoms with Crippen LogP contribution in [0.15, 0.2) is 54.6 Å². The van der Waals surface area contributed by atoms with Crippen LogP contribution in [-0.4, -0.2) is 27.9 Å².